The van der Waals surface area contributed by atoms with E-state index in [9.17, 15) is 18.7 Å². The normalized spacial score (nSPS) is 10.9. The molecule has 8 heteroatoms. The molecular weight excluding hydrogens is 318 g/mol. The van der Waals surface area contributed by atoms with Gasteiger partial charge in [0, 0.05) is 14.9 Å². The third-order valence-corrected chi connectivity index (χ3v) is 3.29. The monoisotopic (exact) mass is 322 g/mol. The Hall–Kier alpha value is 1.28. The Morgan fingerprint density at radius 1 is 1.38 bits per heavy atom. The summed E-state index contributed by atoms with van der Waals surface area (Å²) in [6, 6.07) is 2.49. The molecule has 0 aliphatic heterocycles. The zero-order valence-electron chi connectivity index (χ0n) is 9.07. The van der Waals surface area contributed by atoms with Gasteiger partial charge in [-0.1, -0.05) is 0 Å². The molecule has 1 unspecified atom stereocenters. The molecular formula is C8H5BrNa2O4S. The topological polar surface area (TPSA) is 80.3 Å². The number of carbonyl (C=O) groups excluding carboxylic acids is 1. The van der Waals surface area contributed by atoms with E-state index >= 15 is 0 Å². The van der Waals surface area contributed by atoms with Gasteiger partial charge in [0.15, 0.2) is 0 Å². The van der Waals surface area contributed by atoms with Crippen LogP contribution in [-0.2, 0) is 11.1 Å². The van der Waals surface area contributed by atoms with E-state index < -0.39 is 17.0 Å². The number of aromatic carboxylic acids is 1. The summed E-state index contributed by atoms with van der Waals surface area (Å²) < 4.78 is 21.7. The predicted octanol–water partition coefficient (Wildman–Crippen LogP) is -5.63. The van der Waals surface area contributed by atoms with E-state index in [1.807, 2.05) is 0 Å². The average Bonchev–Trinajstić information content (AvgIpc) is 2.02. The van der Waals surface area contributed by atoms with Crippen molar-refractivity contribution in [3.8, 4) is 0 Å². The van der Waals surface area contributed by atoms with Gasteiger partial charge >= 0.3 is 59.1 Å². The molecule has 1 atom stereocenters. The van der Waals surface area contributed by atoms with Crippen LogP contribution in [0.2, 0.25) is 0 Å². The standard InChI is InChI=1S/C8H7BrO4S.2Na/c1-4-2-6(9)7(14(12)13)3-5(4)8(10)11;;/h2-3H,1H3,(H,10,11)(H,12,13);;/q;2*+1/p-2. The van der Waals surface area contributed by atoms with E-state index in [4.69, 9.17) is 0 Å². The van der Waals surface area contributed by atoms with Crippen LogP contribution in [0.5, 0.6) is 0 Å². The molecule has 0 fully saturated rings. The second-order valence-corrected chi connectivity index (χ2v) is 4.38. The minimum atomic E-state index is -2.46. The fourth-order valence-electron chi connectivity index (χ4n) is 1.00. The van der Waals surface area contributed by atoms with Crippen molar-refractivity contribution in [2.24, 2.45) is 0 Å². The smallest absolute Gasteiger partial charge is 0.768 e. The SMILES string of the molecule is Cc1cc(Br)c(S(=O)[O-])cc1C(=O)[O-].[Na+].[Na+]. The number of carboxylic acids is 1. The molecule has 0 aliphatic rings. The second kappa shape index (κ2) is 8.39. The zero-order valence-corrected chi connectivity index (χ0v) is 15.5. The van der Waals surface area contributed by atoms with Crippen molar-refractivity contribution in [1.29, 1.82) is 0 Å². The summed E-state index contributed by atoms with van der Waals surface area (Å²) in [6.07, 6.45) is 0. The third kappa shape index (κ3) is 4.88. The Labute approximate surface area is 148 Å². The summed E-state index contributed by atoms with van der Waals surface area (Å²) >= 11 is 0.561. The maximum atomic E-state index is 10.7. The molecule has 0 aromatic heterocycles. The molecule has 0 spiro atoms. The molecule has 0 amide bonds. The van der Waals surface area contributed by atoms with Crippen LogP contribution in [0.3, 0.4) is 0 Å². The number of halogens is 1. The van der Waals surface area contributed by atoms with E-state index in [-0.39, 0.29) is 69.6 Å². The molecule has 0 bridgehead atoms. The predicted molar refractivity (Wildman–Crippen MR) is 50.4 cm³/mol. The van der Waals surface area contributed by atoms with Gasteiger partial charge in [0.2, 0.25) is 0 Å². The Kier molecular flexibility index (Phi) is 10.3. The molecule has 0 radical (unpaired) electrons. The van der Waals surface area contributed by atoms with Crippen molar-refractivity contribution < 1.29 is 77.8 Å². The maximum Gasteiger partial charge on any atom is 1.00 e. The molecule has 1 aromatic rings. The van der Waals surface area contributed by atoms with Gasteiger partial charge in [0.1, 0.15) is 0 Å². The summed E-state index contributed by atoms with van der Waals surface area (Å²) in [5.74, 6) is -1.39. The number of carbonyl (C=O) groups is 1. The van der Waals surface area contributed by atoms with Crippen LogP contribution in [0.15, 0.2) is 21.5 Å². The van der Waals surface area contributed by atoms with Crippen LogP contribution in [0, 0.1) is 6.92 Å². The number of rotatable bonds is 2. The first-order valence-electron chi connectivity index (χ1n) is 3.54. The minimum absolute atomic E-state index is 0. The summed E-state index contributed by atoms with van der Waals surface area (Å²) in [5.41, 5.74) is 0.332. The number of hydrogen-bond donors (Lipinski definition) is 0. The van der Waals surface area contributed by atoms with Crippen LogP contribution in [-0.4, -0.2) is 14.7 Å². The van der Waals surface area contributed by atoms with Crippen LogP contribution in [0.1, 0.15) is 15.9 Å². The summed E-state index contributed by atoms with van der Waals surface area (Å²) in [5, 5.41) is 10.6. The Morgan fingerprint density at radius 2 is 1.88 bits per heavy atom. The number of aryl methyl sites for hydroxylation is 1. The zero-order chi connectivity index (χ0) is 10.9. The van der Waals surface area contributed by atoms with E-state index in [0.29, 0.717) is 10.0 Å². The Balaban J connectivity index is 0. The first-order chi connectivity index (χ1) is 6.43. The fourth-order valence-corrected chi connectivity index (χ4v) is 2.29. The van der Waals surface area contributed by atoms with E-state index in [1.165, 1.54) is 6.07 Å². The van der Waals surface area contributed by atoms with Crippen LogP contribution in [0.25, 0.3) is 0 Å². The van der Waals surface area contributed by atoms with Crippen molar-refractivity contribution in [3.05, 3.63) is 27.7 Å². The average molecular weight is 323 g/mol. The molecule has 76 valence electrons. The quantitative estimate of drug-likeness (QED) is 0.401. The van der Waals surface area contributed by atoms with Gasteiger partial charge in [-0.25, -0.2) is 0 Å². The van der Waals surface area contributed by atoms with E-state index in [2.05, 4.69) is 15.9 Å². The molecule has 0 saturated heterocycles. The van der Waals surface area contributed by atoms with E-state index in [1.54, 1.807) is 6.92 Å². The van der Waals surface area contributed by atoms with Gasteiger partial charge in [-0.2, -0.15) is 0 Å². The Bertz CT molecular complexity index is 389. The van der Waals surface area contributed by atoms with Gasteiger partial charge in [-0.15, -0.1) is 0 Å². The maximum absolute atomic E-state index is 10.7. The van der Waals surface area contributed by atoms with Crippen molar-refractivity contribution in [2.45, 2.75) is 11.8 Å². The fraction of sp³-hybridized carbons (Fsp3) is 0.125. The van der Waals surface area contributed by atoms with Crippen molar-refractivity contribution in [1.82, 2.24) is 0 Å². The van der Waals surface area contributed by atoms with Crippen LogP contribution >= 0.6 is 15.9 Å². The minimum Gasteiger partial charge on any atom is -0.768 e. The molecule has 16 heavy (non-hydrogen) atoms. The van der Waals surface area contributed by atoms with Crippen molar-refractivity contribution in [3.63, 3.8) is 0 Å². The largest absolute Gasteiger partial charge is 1.00 e. The molecule has 0 heterocycles. The summed E-state index contributed by atoms with van der Waals surface area (Å²) in [7, 11) is 0. The second-order valence-electron chi connectivity index (χ2n) is 2.62. The molecule has 1 aromatic carbocycles. The van der Waals surface area contributed by atoms with Crippen LogP contribution < -0.4 is 64.2 Å². The first kappa shape index (κ1) is 19.6. The number of benzene rings is 1. The molecule has 1 rings (SSSR count). The van der Waals surface area contributed by atoms with Gasteiger partial charge in [-0.05, 0) is 51.6 Å². The Morgan fingerprint density at radius 3 is 2.25 bits per heavy atom. The molecule has 0 saturated carbocycles. The first-order valence-corrected chi connectivity index (χ1v) is 5.41. The van der Waals surface area contributed by atoms with Gasteiger partial charge in [0.25, 0.3) is 0 Å². The van der Waals surface area contributed by atoms with Crippen molar-refractivity contribution in [2.75, 3.05) is 0 Å². The van der Waals surface area contributed by atoms with E-state index in [0.717, 1.165) is 6.07 Å². The van der Waals surface area contributed by atoms with Crippen molar-refractivity contribution >= 4 is 33.0 Å². The van der Waals surface area contributed by atoms with Gasteiger partial charge < -0.3 is 14.5 Å². The number of carboxylic acid groups (broad SMARTS) is 1. The summed E-state index contributed by atoms with van der Waals surface area (Å²) in [6.45, 7) is 1.56. The number of hydrogen-bond acceptors (Lipinski definition) is 4. The molecule has 4 nitrogen and oxygen atoms in total. The van der Waals surface area contributed by atoms with Gasteiger partial charge in [0.05, 0.1) is 5.97 Å². The van der Waals surface area contributed by atoms with Crippen LogP contribution in [0.4, 0.5) is 0 Å². The summed E-state index contributed by atoms with van der Waals surface area (Å²) in [4.78, 5) is 10.5. The molecule has 0 aliphatic carbocycles. The van der Waals surface area contributed by atoms with Gasteiger partial charge in [-0.3, -0.25) is 4.21 Å². The molecule has 0 N–H and O–H groups in total. The third-order valence-electron chi connectivity index (χ3n) is 1.68.